The van der Waals surface area contributed by atoms with Gasteiger partial charge in [0.2, 0.25) is 10.0 Å². The van der Waals surface area contributed by atoms with Gasteiger partial charge in [0, 0.05) is 13.1 Å². The summed E-state index contributed by atoms with van der Waals surface area (Å²) in [4.78, 5) is 12.8. The molecule has 0 aliphatic heterocycles. The summed E-state index contributed by atoms with van der Waals surface area (Å²) in [6.45, 7) is 3.65. The van der Waals surface area contributed by atoms with Crippen molar-refractivity contribution in [2.24, 2.45) is 0 Å². The molecule has 7 nitrogen and oxygen atoms in total. The van der Waals surface area contributed by atoms with Crippen molar-refractivity contribution in [3.8, 4) is 0 Å². The van der Waals surface area contributed by atoms with Crippen LogP contribution in [0.3, 0.4) is 0 Å². The van der Waals surface area contributed by atoms with Gasteiger partial charge in [-0.3, -0.25) is 4.79 Å². The molecule has 0 aromatic carbocycles. The van der Waals surface area contributed by atoms with Crippen molar-refractivity contribution in [2.75, 3.05) is 39.5 Å². The highest BCUT2D eigenvalue weighted by Gasteiger charge is 2.24. The zero-order chi connectivity index (χ0) is 15.1. The third-order valence-corrected chi connectivity index (χ3v) is 3.54. The number of likely N-dealkylation sites (N-methyl/N-ethyl adjacent to an activating group) is 1. The molecule has 8 heteroatoms. The molecule has 0 aliphatic carbocycles. The van der Waals surface area contributed by atoms with E-state index < -0.39 is 21.6 Å². The van der Waals surface area contributed by atoms with Gasteiger partial charge in [-0.2, -0.15) is 0 Å². The van der Waals surface area contributed by atoms with Gasteiger partial charge >= 0.3 is 5.97 Å². The standard InChI is InChI=1S/C11H24N2O5S/c1-5-18-10(14)6-7-19(16,17)12-8-11(2,15)9-13(3)4/h12,15H,5-9H2,1-4H3. The van der Waals surface area contributed by atoms with Gasteiger partial charge in [0.1, 0.15) is 0 Å². The fourth-order valence-electron chi connectivity index (χ4n) is 1.53. The Balaban J connectivity index is 4.20. The van der Waals surface area contributed by atoms with Crippen LogP contribution in [0.2, 0.25) is 0 Å². The number of sulfonamides is 1. The lowest BCUT2D eigenvalue weighted by Gasteiger charge is -2.26. The molecule has 0 aromatic heterocycles. The minimum absolute atomic E-state index is 0.101. The normalized spacial score (nSPS) is 15.3. The van der Waals surface area contributed by atoms with Crippen LogP contribution in [0.5, 0.6) is 0 Å². The molecule has 0 heterocycles. The van der Waals surface area contributed by atoms with Crippen molar-refractivity contribution < 1.29 is 23.1 Å². The van der Waals surface area contributed by atoms with Gasteiger partial charge in [-0.1, -0.05) is 0 Å². The largest absolute Gasteiger partial charge is 0.466 e. The summed E-state index contributed by atoms with van der Waals surface area (Å²) >= 11 is 0. The molecule has 0 radical (unpaired) electrons. The number of esters is 1. The summed E-state index contributed by atoms with van der Waals surface area (Å²) < 4.78 is 30.2. The molecule has 19 heavy (non-hydrogen) atoms. The molecule has 0 saturated heterocycles. The summed E-state index contributed by atoms with van der Waals surface area (Å²) in [5.74, 6) is -0.892. The monoisotopic (exact) mass is 296 g/mol. The lowest BCUT2D eigenvalue weighted by Crippen LogP contribution is -2.47. The highest BCUT2D eigenvalue weighted by Crippen LogP contribution is 2.04. The van der Waals surface area contributed by atoms with Gasteiger partial charge in [0.25, 0.3) is 0 Å². The minimum atomic E-state index is -3.59. The molecular weight excluding hydrogens is 272 g/mol. The van der Waals surface area contributed by atoms with Crippen molar-refractivity contribution in [1.82, 2.24) is 9.62 Å². The SMILES string of the molecule is CCOC(=O)CCS(=O)(=O)NCC(C)(O)CN(C)C. The van der Waals surface area contributed by atoms with Crippen LogP contribution in [0, 0.1) is 0 Å². The molecule has 0 aliphatic rings. The van der Waals surface area contributed by atoms with Crippen molar-refractivity contribution in [1.29, 1.82) is 0 Å². The number of carbonyl (C=O) groups excluding carboxylic acids is 1. The van der Waals surface area contributed by atoms with Crippen LogP contribution in [-0.4, -0.2) is 69.5 Å². The van der Waals surface area contributed by atoms with Gasteiger partial charge in [0.05, 0.1) is 24.4 Å². The number of ether oxygens (including phenoxy) is 1. The maximum absolute atomic E-state index is 11.6. The van der Waals surface area contributed by atoms with E-state index in [1.54, 1.807) is 32.8 Å². The van der Waals surface area contributed by atoms with Crippen LogP contribution in [-0.2, 0) is 19.6 Å². The first-order chi connectivity index (χ1) is 8.58. The Bertz CT molecular complexity index is 379. The first-order valence-corrected chi connectivity index (χ1v) is 7.73. The summed E-state index contributed by atoms with van der Waals surface area (Å²) in [5.41, 5.74) is -1.17. The van der Waals surface area contributed by atoms with Crippen molar-refractivity contribution in [3.63, 3.8) is 0 Å². The highest BCUT2D eigenvalue weighted by molar-refractivity contribution is 7.89. The van der Waals surface area contributed by atoms with Crippen LogP contribution in [0.4, 0.5) is 0 Å². The molecule has 1 unspecified atom stereocenters. The van der Waals surface area contributed by atoms with Crippen LogP contribution in [0.25, 0.3) is 0 Å². The molecule has 114 valence electrons. The van der Waals surface area contributed by atoms with Gasteiger partial charge in [0.15, 0.2) is 0 Å². The first kappa shape index (κ1) is 18.3. The molecular formula is C11H24N2O5S. The van der Waals surface area contributed by atoms with E-state index in [1.807, 2.05) is 0 Å². The van der Waals surface area contributed by atoms with E-state index in [4.69, 9.17) is 0 Å². The lowest BCUT2D eigenvalue weighted by atomic mass is 10.1. The Morgan fingerprint density at radius 1 is 1.42 bits per heavy atom. The van der Waals surface area contributed by atoms with Crippen molar-refractivity contribution in [3.05, 3.63) is 0 Å². The maximum atomic E-state index is 11.6. The molecule has 0 rings (SSSR count). The van der Waals surface area contributed by atoms with E-state index >= 15 is 0 Å². The smallest absolute Gasteiger partial charge is 0.306 e. The molecule has 0 spiro atoms. The fourth-order valence-corrected chi connectivity index (χ4v) is 2.64. The van der Waals surface area contributed by atoms with E-state index in [2.05, 4.69) is 9.46 Å². The molecule has 0 bridgehead atoms. The second-order valence-corrected chi connectivity index (χ2v) is 6.86. The van der Waals surface area contributed by atoms with E-state index in [-0.39, 0.29) is 25.3 Å². The zero-order valence-corrected chi connectivity index (χ0v) is 12.8. The molecule has 0 aromatic rings. The second kappa shape index (κ2) is 7.78. The van der Waals surface area contributed by atoms with Gasteiger partial charge in [-0.25, -0.2) is 13.1 Å². The van der Waals surface area contributed by atoms with Gasteiger partial charge in [-0.15, -0.1) is 0 Å². The number of carbonyl (C=O) groups is 1. The Morgan fingerprint density at radius 2 is 2.00 bits per heavy atom. The third-order valence-electron chi connectivity index (χ3n) is 2.21. The highest BCUT2D eigenvalue weighted by atomic mass is 32.2. The number of aliphatic hydroxyl groups is 1. The molecule has 0 amide bonds. The van der Waals surface area contributed by atoms with Crippen molar-refractivity contribution in [2.45, 2.75) is 25.9 Å². The quantitative estimate of drug-likeness (QED) is 0.539. The number of hydrogen-bond donors (Lipinski definition) is 2. The van der Waals surface area contributed by atoms with Crippen LogP contribution < -0.4 is 4.72 Å². The number of nitrogens with one attached hydrogen (secondary N) is 1. The summed E-state index contributed by atoms with van der Waals surface area (Å²) in [7, 11) is -0.0303. The maximum Gasteiger partial charge on any atom is 0.306 e. The average molecular weight is 296 g/mol. The Morgan fingerprint density at radius 3 is 2.47 bits per heavy atom. The third kappa shape index (κ3) is 9.83. The Labute approximate surface area is 115 Å². The molecule has 0 fully saturated rings. The van der Waals surface area contributed by atoms with Crippen LogP contribution in [0.1, 0.15) is 20.3 Å². The zero-order valence-electron chi connectivity index (χ0n) is 12.0. The first-order valence-electron chi connectivity index (χ1n) is 6.08. The Hall–Kier alpha value is -0.700. The number of hydrogen-bond acceptors (Lipinski definition) is 6. The summed E-state index contributed by atoms with van der Waals surface area (Å²) in [6.07, 6.45) is -0.195. The fraction of sp³-hybridized carbons (Fsp3) is 0.909. The van der Waals surface area contributed by atoms with E-state index in [0.717, 1.165) is 0 Å². The number of rotatable bonds is 9. The molecule has 1 atom stereocenters. The second-order valence-electron chi connectivity index (χ2n) is 4.93. The van der Waals surface area contributed by atoms with E-state index in [1.165, 1.54) is 0 Å². The Kier molecular flexibility index (Phi) is 7.50. The van der Waals surface area contributed by atoms with Crippen LogP contribution >= 0.6 is 0 Å². The average Bonchev–Trinajstić information content (AvgIpc) is 2.23. The summed E-state index contributed by atoms with van der Waals surface area (Å²) in [6, 6.07) is 0. The molecule has 2 N–H and O–H groups in total. The van der Waals surface area contributed by atoms with Gasteiger partial charge < -0.3 is 14.7 Å². The summed E-state index contributed by atoms with van der Waals surface area (Å²) in [5, 5.41) is 9.95. The lowest BCUT2D eigenvalue weighted by molar-refractivity contribution is -0.142. The molecule has 0 saturated carbocycles. The minimum Gasteiger partial charge on any atom is -0.466 e. The number of nitrogens with zero attached hydrogens (tertiary/aromatic N) is 1. The van der Waals surface area contributed by atoms with Crippen molar-refractivity contribution >= 4 is 16.0 Å². The topological polar surface area (TPSA) is 95.9 Å². The van der Waals surface area contributed by atoms with Gasteiger partial charge in [-0.05, 0) is 27.9 Å². The van der Waals surface area contributed by atoms with Crippen LogP contribution in [0.15, 0.2) is 0 Å². The predicted molar refractivity (Wildman–Crippen MR) is 72.2 cm³/mol. The van der Waals surface area contributed by atoms with E-state index in [9.17, 15) is 18.3 Å². The van der Waals surface area contributed by atoms with E-state index in [0.29, 0.717) is 6.54 Å². The predicted octanol–water partition coefficient (Wildman–Crippen LogP) is -0.828.